The topological polar surface area (TPSA) is 98.4 Å². The Hall–Kier alpha value is -4.71. The lowest BCUT2D eigenvalue weighted by Crippen LogP contribution is -2.61. The van der Waals surface area contributed by atoms with Crippen molar-refractivity contribution in [2.24, 2.45) is 0 Å². The molecule has 2 aliphatic rings. The van der Waals surface area contributed by atoms with Crippen molar-refractivity contribution in [1.82, 2.24) is 15.5 Å². The maximum Gasteiger partial charge on any atom is 0.268 e. The summed E-state index contributed by atoms with van der Waals surface area (Å²) >= 11 is 0. The number of fused-ring (bicyclic) bond motifs is 2. The van der Waals surface area contributed by atoms with E-state index in [1.807, 2.05) is 49.4 Å². The molecule has 1 fully saturated rings. The summed E-state index contributed by atoms with van der Waals surface area (Å²) in [6, 6.07) is 17.6. The zero-order chi connectivity index (χ0) is 31.9. The molecule has 0 aliphatic carbocycles. The minimum atomic E-state index is -0.927. The van der Waals surface area contributed by atoms with Crippen LogP contribution in [0, 0.1) is 6.92 Å². The Kier molecular flexibility index (Phi) is 10.1. The van der Waals surface area contributed by atoms with Gasteiger partial charge in [-0.3, -0.25) is 24.4 Å². The maximum absolute atomic E-state index is 13.7. The molecule has 5 rings (SSSR count). The summed E-state index contributed by atoms with van der Waals surface area (Å²) in [5, 5.41) is 6.64. The molecule has 238 valence electrons. The van der Waals surface area contributed by atoms with Gasteiger partial charge >= 0.3 is 0 Å². The molecule has 2 unspecified atom stereocenters. The van der Waals surface area contributed by atoms with Crippen LogP contribution in [0.5, 0.6) is 23.0 Å². The van der Waals surface area contributed by atoms with Crippen LogP contribution in [0.2, 0.25) is 0 Å². The van der Waals surface area contributed by atoms with E-state index in [9.17, 15) is 23.2 Å². The van der Waals surface area contributed by atoms with Crippen LogP contribution in [0.25, 0.3) is 5.57 Å². The lowest BCUT2D eigenvalue weighted by molar-refractivity contribution is -0.131. The zero-order valence-electron chi connectivity index (χ0n) is 24.9. The highest BCUT2D eigenvalue weighted by molar-refractivity contribution is 6.03. The van der Waals surface area contributed by atoms with Crippen LogP contribution in [-0.4, -0.2) is 55.0 Å². The number of nitrogens with zero attached hydrogens (tertiary/aromatic N) is 1. The molecule has 3 aromatic rings. The number of hydrogen-bond donors (Lipinski definition) is 2. The van der Waals surface area contributed by atoms with Gasteiger partial charge in [0.2, 0.25) is 17.6 Å². The van der Waals surface area contributed by atoms with E-state index in [2.05, 4.69) is 31.5 Å². The third-order valence-electron chi connectivity index (χ3n) is 8.26. The quantitative estimate of drug-likeness (QED) is 0.289. The Labute approximate surface area is 258 Å². The van der Waals surface area contributed by atoms with Gasteiger partial charge in [-0.25, -0.2) is 0 Å². The van der Waals surface area contributed by atoms with Crippen molar-refractivity contribution in [3.8, 4) is 23.0 Å². The number of hydrogen-bond acceptors (Lipinski definition) is 7. The highest BCUT2D eigenvalue weighted by Crippen LogP contribution is 2.45. The molecule has 0 radical (unpaired) electrons. The van der Waals surface area contributed by atoms with Gasteiger partial charge in [0.15, 0.2) is 5.75 Å². The van der Waals surface area contributed by atoms with Crippen LogP contribution in [0.15, 0.2) is 66.2 Å². The number of nitrogens with one attached hydrogen (secondary N) is 2. The van der Waals surface area contributed by atoms with Crippen LogP contribution in [0.1, 0.15) is 35.6 Å². The summed E-state index contributed by atoms with van der Waals surface area (Å²) < 4.78 is 44.0. The average molecular weight is 626 g/mol. The summed E-state index contributed by atoms with van der Waals surface area (Å²) in [5.41, 5.74) is 5.68. The number of piperazine rings is 1. The number of rotatable bonds is 12. The molecule has 3 aromatic carbocycles. The van der Waals surface area contributed by atoms with Crippen LogP contribution >= 0.6 is 0 Å². The Morgan fingerprint density at radius 3 is 2.31 bits per heavy atom. The van der Waals surface area contributed by atoms with Gasteiger partial charge in [0.05, 0.1) is 12.6 Å². The fourth-order valence-corrected chi connectivity index (χ4v) is 5.94. The number of carbonyl (C=O) groups excluding carboxylic acids is 2. The van der Waals surface area contributed by atoms with Gasteiger partial charge in [0.1, 0.15) is 0 Å². The normalized spacial score (nSPS) is 17.5. The van der Waals surface area contributed by atoms with E-state index in [-0.39, 0.29) is 36.3 Å². The summed E-state index contributed by atoms with van der Waals surface area (Å²) in [6.45, 7) is 5.09. The number of carbonyl (C=O) groups is 2. The lowest BCUT2D eigenvalue weighted by atomic mass is 9.83. The molecule has 2 amide bonds. The first-order valence-corrected chi connectivity index (χ1v) is 14.6. The first-order chi connectivity index (χ1) is 21.8. The van der Waals surface area contributed by atoms with Crippen molar-refractivity contribution in [1.29, 1.82) is 0 Å². The van der Waals surface area contributed by atoms with E-state index in [1.165, 1.54) is 11.1 Å². The standard InChI is InChI=1S/C33H34F3N3O6/c1-20-5-3-4-6-23(20)13-15-37-33(41)30-26(17-25-18-39(21(2)40)19-27(30)38-25)24-9-7-22(8-10-24)14-16-42-28-11-12-29(43-34)32(45-36)31(28)44-35/h3-12,25,27,38H,13-19H2,1-2H3,(H,37,41). The van der Waals surface area contributed by atoms with Crippen molar-refractivity contribution in [2.75, 3.05) is 26.2 Å². The van der Waals surface area contributed by atoms with Gasteiger partial charge in [-0.05, 0) is 59.7 Å². The average Bonchev–Trinajstić information content (AvgIpc) is 3.05. The Balaban J connectivity index is 1.31. The Morgan fingerprint density at radius 1 is 0.911 bits per heavy atom. The number of amides is 2. The molecule has 2 atom stereocenters. The lowest BCUT2D eigenvalue weighted by Gasteiger charge is -2.44. The van der Waals surface area contributed by atoms with Gasteiger partial charge in [0, 0.05) is 58.2 Å². The van der Waals surface area contributed by atoms with Crippen LogP contribution in [-0.2, 0) is 22.4 Å². The molecule has 2 N–H and O–H groups in total. The molecule has 9 nitrogen and oxygen atoms in total. The fourth-order valence-electron chi connectivity index (χ4n) is 5.94. The second-order valence-corrected chi connectivity index (χ2v) is 11.1. The zero-order valence-corrected chi connectivity index (χ0v) is 24.9. The van der Waals surface area contributed by atoms with E-state index >= 15 is 0 Å². The Bertz CT molecular complexity index is 1570. The van der Waals surface area contributed by atoms with Crippen molar-refractivity contribution >= 4 is 17.4 Å². The molecule has 2 bridgehead atoms. The fraction of sp³-hybridized carbons (Fsp3) is 0.333. The monoisotopic (exact) mass is 625 g/mol. The van der Waals surface area contributed by atoms with Crippen molar-refractivity contribution < 1.29 is 42.7 Å². The minimum absolute atomic E-state index is 0.0125. The largest absolute Gasteiger partial charge is 0.489 e. The number of aryl methyl sites for hydroxylation is 1. The predicted molar refractivity (Wildman–Crippen MR) is 160 cm³/mol. The summed E-state index contributed by atoms with van der Waals surface area (Å²) in [6.07, 6.45) is 1.67. The number of benzene rings is 3. The molecule has 45 heavy (non-hydrogen) atoms. The van der Waals surface area contributed by atoms with Gasteiger partial charge in [-0.1, -0.05) is 48.5 Å². The third-order valence-corrected chi connectivity index (χ3v) is 8.26. The van der Waals surface area contributed by atoms with Crippen LogP contribution in [0.4, 0.5) is 13.6 Å². The van der Waals surface area contributed by atoms with Crippen molar-refractivity contribution in [3.05, 3.63) is 88.5 Å². The smallest absolute Gasteiger partial charge is 0.268 e. The van der Waals surface area contributed by atoms with E-state index in [1.54, 1.807) is 11.8 Å². The molecule has 2 aliphatic heterocycles. The van der Waals surface area contributed by atoms with Crippen LogP contribution < -0.4 is 30.2 Å². The van der Waals surface area contributed by atoms with E-state index in [0.29, 0.717) is 44.5 Å². The molecular formula is C33H34F3N3O6. The number of ether oxygens (including phenoxy) is 1. The second kappa shape index (κ2) is 14.4. The minimum Gasteiger partial charge on any atom is -0.489 e. The molecule has 12 heteroatoms. The molecule has 1 saturated heterocycles. The Morgan fingerprint density at radius 2 is 1.62 bits per heavy atom. The summed E-state index contributed by atoms with van der Waals surface area (Å²) in [4.78, 5) is 38.3. The summed E-state index contributed by atoms with van der Waals surface area (Å²) in [5.74, 6) is -2.82. The van der Waals surface area contributed by atoms with E-state index < -0.39 is 17.2 Å². The van der Waals surface area contributed by atoms with Gasteiger partial charge in [-0.2, -0.15) is 0 Å². The molecular weight excluding hydrogens is 591 g/mol. The molecule has 2 heterocycles. The predicted octanol–water partition coefficient (Wildman–Crippen LogP) is 5.11. The summed E-state index contributed by atoms with van der Waals surface area (Å²) in [7, 11) is 0. The first-order valence-electron chi connectivity index (χ1n) is 14.6. The van der Waals surface area contributed by atoms with E-state index in [0.717, 1.165) is 28.8 Å². The van der Waals surface area contributed by atoms with E-state index in [4.69, 9.17) is 4.74 Å². The van der Waals surface area contributed by atoms with Crippen LogP contribution in [0.3, 0.4) is 0 Å². The molecule has 0 aromatic heterocycles. The van der Waals surface area contributed by atoms with Crippen molar-refractivity contribution in [3.63, 3.8) is 0 Å². The highest BCUT2D eigenvalue weighted by Gasteiger charge is 2.39. The highest BCUT2D eigenvalue weighted by atomic mass is 19.3. The molecule has 0 saturated carbocycles. The van der Waals surface area contributed by atoms with Crippen molar-refractivity contribution in [2.45, 2.75) is 45.2 Å². The SMILES string of the molecule is CC(=O)N1CC2CC(c3ccc(CCOc4ccc(OF)c(OF)c4OF)cc3)=C(C(=O)NCCc3ccccc3C)C(C1)N2. The van der Waals surface area contributed by atoms with Gasteiger partial charge < -0.3 is 20.3 Å². The van der Waals surface area contributed by atoms with Gasteiger partial charge in [-0.15, -0.1) is 0 Å². The second-order valence-electron chi connectivity index (χ2n) is 11.1. The maximum atomic E-state index is 13.7. The van der Waals surface area contributed by atoms with Gasteiger partial charge in [0.25, 0.3) is 11.5 Å². The first kappa shape index (κ1) is 31.7. The third kappa shape index (κ3) is 7.17. The molecule has 0 spiro atoms. The number of halogens is 3.